The van der Waals surface area contributed by atoms with Gasteiger partial charge in [0.2, 0.25) is 5.91 Å². The molecule has 1 aromatic heterocycles. The van der Waals surface area contributed by atoms with Gasteiger partial charge in [-0.1, -0.05) is 13.8 Å². The summed E-state index contributed by atoms with van der Waals surface area (Å²) in [6.07, 6.45) is 7.52. The van der Waals surface area contributed by atoms with E-state index < -0.39 is 11.4 Å². The lowest BCUT2D eigenvalue weighted by Crippen LogP contribution is -2.30. The quantitative estimate of drug-likeness (QED) is 0.674. The Morgan fingerprint density at radius 1 is 1.30 bits per heavy atom. The zero-order chi connectivity index (χ0) is 15.0. The summed E-state index contributed by atoms with van der Waals surface area (Å²) in [5.41, 5.74) is -0.507. The number of hydrogen-bond acceptors (Lipinski definition) is 3. The number of rotatable bonds is 9. The second-order valence-corrected chi connectivity index (χ2v) is 5.77. The Hall–Kier alpha value is -1.85. The number of nitrogens with one attached hydrogen (secondary N) is 1. The van der Waals surface area contributed by atoms with Gasteiger partial charge in [-0.05, 0) is 18.3 Å². The van der Waals surface area contributed by atoms with Crippen molar-refractivity contribution in [3.05, 3.63) is 18.7 Å². The van der Waals surface area contributed by atoms with Crippen molar-refractivity contribution in [1.29, 1.82) is 0 Å². The monoisotopic (exact) mass is 281 g/mol. The van der Waals surface area contributed by atoms with Crippen LogP contribution in [0.3, 0.4) is 0 Å². The van der Waals surface area contributed by atoms with Crippen molar-refractivity contribution < 1.29 is 14.7 Å². The lowest BCUT2D eigenvalue weighted by Gasteiger charge is -2.21. The van der Waals surface area contributed by atoms with Crippen molar-refractivity contribution >= 4 is 11.9 Å². The third-order valence-electron chi connectivity index (χ3n) is 2.99. The topological polar surface area (TPSA) is 84.2 Å². The number of carbonyl (C=O) groups is 2. The first-order valence-corrected chi connectivity index (χ1v) is 6.83. The van der Waals surface area contributed by atoms with Crippen molar-refractivity contribution in [2.24, 2.45) is 5.41 Å². The second kappa shape index (κ2) is 7.67. The molecule has 0 fully saturated rings. The molecule has 112 valence electrons. The number of amides is 1. The fraction of sp³-hybridized carbons (Fsp3) is 0.643. The zero-order valence-electron chi connectivity index (χ0n) is 12.1. The van der Waals surface area contributed by atoms with E-state index in [1.807, 2.05) is 10.8 Å². The second-order valence-electron chi connectivity index (χ2n) is 5.77. The molecule has 0 aliphatic heterocycles. The van der Waals surface area contributed by atoms with Crippen molar-refractivity contribution in [3.63, 3.8) is 0 Å². The number of unbranched alkanes of at least 4 members (excludes halogenated alkanes) is 1. The predicted octanol–water partition coefficient (Wildman–Crippen LogP) is 1.67. The molecule has 0 unspecified atom stereocenters. The van der Waals surface area contributed by atoms with E-state index in [2.05, 4.69) is 10.3 Å². The minimum atomic E-state index is -0.872. The minimum Gasteiger partial charge on any atom is -0.481 e. The van der Waals surface area contributed by atoms with Gasteiger partial charge in [0.1, 0.15) is 0 Å². The van der Waals surface area contributed by atoms with E-state index in [-0.39, 0.29) is 18.7 Å². The molecule has 0 bridgehead atoms. The van der Waals surface area contributed by atoms with Crippen LogP contribution in [-0.4, -0.2) is 33.1 Å². The number of nitrogens with zero attached hydrogens (tertiary/aromatic N) is 2. The predicted molar refractivity (Wildman–Crippen MR) is 75.1 cm³/mol. The number of carboxylic acids is 1. The molecule has 0 saturated carbocycles. The Morgan fingerprint density at radius 3 is 2.65 bits per heavy atom. The van der Waals surface area contributed by atoms with E-state index >= 15 is 0 Å². The fourth-order valence-corrected chi connectivity index (χ4v) is 2.04. The van der Waals surface area contributed by atoms with Gasteiger partial charge in [0.15, 0.2) is 0 Å². The average molecular weight is 281 g/mol. The molecule has 0 aliphatic rings. The largest absolute Gasteiger partial charge is 0.481 e. The van der Waals surface area contributed by atoms with Gasteiger partial charge in [-0.25, -0.2) is 4.98 Å². The standard InChI is InChI=1S/C14H23N3O3/c1-14(2,10-13(19)20)9-12(18)16-5-3-4-7-17-8-6-15-11-17/h6,8,11H,3-5,7,9-10H2,1-2H3,(H,16,18)(H,19,20). The summed E-state index contributed by atoms with van der Waals surface area (Å²) in [6.45, 7) is 5.09. The van der Waals surface area contributed by atoms with Crippen molar-refractivity contribution in [2.45, 2.75) is 46.1 Å². The van der Waals surface area contributed by atoms with Crippen LogP contribution < -0.4 is 5.32 Å². The first kappa shape index (κ1) is 16.2. The number of aromatic nitrogens is 2. The van der Waals surface area contributed by atoms with Gasteiger partial charge < -0.3 is 15.0 Å². The molecule has 1 heterocycles. The number of carboxylic acid groups (broad SMARTS) is 1. The molecule has 0 spiro atoms. The van der Waals surface area contributed by atoms with Gasteiger partial charge in [0.05, 0.1) is 12.7 Å². The molecular formula is C14H23N3O3. The van der Waals surface area contributed by atoms with Crippen LogP contribution in [0.5, 0.6) is 0 Å². The minimum absolute atomic E-state index is 0.00104. The third kappa shape index (κ3) is 6.92. The summed E-state index contributed by atoms with van der Waals surface area (Å²) in [4.78, 5) is 26.3. The molecule has 1 amide bonds. The number of hydrogen-bond donors (Lipinski definition) is 2. The van der Waals surface area contributed by atoms with Gasteiger partial charge in [-0.3, -0.25) is 9.59 Å². The molecule has 1 aromatic rings. The first-order chi connectivity index (χ1) is 9.39. The van der Waals surface area contributed by atoms with Crippen molar-refractivity contribution in [3.8, 4) is 0 Å². The zero-order valence-corrected chi connectivity index (χ0v) is 12.1. The maximum absolute atomic E-state index is 11.7. The summed E-state index contributed by atoms with van der Waals surface area (Å²) in [5, 5.41) is 11.6. The van der Waals surface area contributed by atoms with Gasteiger partial charge in [0, 0.05) is 31.9 Å². The molecule has 0 atom stereocenters. The van der Waals surface area contributed by atoms with Crippen LogP contribution in [0.15, 0.2) is 18.7 Å². The normalized spacial score (nSPS) is 11.3. The highest BCUT2D eigenvalue weighted by Gasteiger charge is 2.24. The highest BCUT2D eigenvalue weighted by Crippen LogP contribution is 2.24. The lowest BCUT2D eigenvalue weighted by molar-refractivity contribution is -0.139. The molecule has 0 saturated heterocycles. The Labute approximate surface area is 119 Å². The van der Waals surface area contributed by atoms with E-state index in [0.29, 0.717) is 6.54 Å². The summed E-state index contributed by atoms with van der Waals surface area (Å²) < 4.78 is 2.00. The van der Waals surface area contributed by atoms with Crippen molar-refractivity contribution in [2.75, 3.05) is 6.54 Å². The molecule has 6 nitrogen and oxygen atoms in total. The average Bonchev–Trinajstić information content (AvgIpc) is 2.78. The molecular weight excluding hydrogens is 258 g/mol. The first-order valence-electron chi connectivity index (χ1n) is 6.83. The Morgan fingerprint density at radius 2 is 2.05 bits per heavy atom. The number of aryl methyl sites for hydroxylation is 1. The number of imidazole rings is 1. The molecule has 0 radical (unpaired) electrons. The van der Waals surface area contributed by atoms with Crippen molar-refractivity contribution in [1.82, 2.24) is 14.9 Å². The fourth-order valence-electron chi connectivity index (χ4n) is 2.04. The van der Waals surface area contributed by atoms with E-state index in [9.17, 15) is 9.59 Å². The van der Waals surface area contributed by atoms with Crippen LogP contribution in [0.4, 0.5) is 0 Å². The molecule has 6 heteroatoms. The number of carbonyl (C=O) groups excluding carboxylic acids is 1. The van der Waals surface area contributed by atoms with Gasteiger partial charge in [-0.15, -0.1) is 0 Å². The smallest absolute Gasteiger partial charge is 0.303 e. The molecule has 1 rings (SSSR count). The van der Waals surface area contributed by atoms with E-state index in [4.69, 9.17) is 5.11 Å². The van der Waals surface area contributed by atoms with Gasteiger partial charge >= 0.3 is 5.97 Å². The maximum Gasteiger partial charge on any atom is 0.303 e. The Balaban J connectivity index is 2.12. The number of aliphatic carboxylic acids is 1. The van der Waals surface area contributed by atoms with Crippen LogP contribution >= 0.6 is 0 Å². The highest BCUT2D eigenvalue weighted by molar-refractivity contribution is 5.77. The lowest BCUT2D eigenvalue weighted by atomic mass is 9.85. The van der Waals surface area contributed by atoms with Gasteiger partial charge in [-0.2, -0.15) is 0 Å². The van der Waals surface area contributed by atoms with Crippen LogP contribution in [-0.2, 0) is 16.1 Å². The molecule has 20 heavy (non-hydrogen) atoms. The molecule has 0 aromatic carbocycles. The van der Waals surface area contributed by atoms with E-state index in [1.54, 1.807) is 26.4 Å². The van der Waals surface area contributed by atoms with Crippen LogP contribution in [0.25, 0.3) is 0 Å². The van der Waals surface area contributed by atoms with E-state index in [1.165, 1.54) is 0 Å². The SMILES string of the molecule is CC(C)(CC(=O)O)CC(=O)NCCCCn1ccnc1. The van der Waals surface area contributed by atoms with Crippen LogP contribution in [0.2, 0.25) is 0 Å². The summed E-state index contributed by atoms with van der Waals surface area (Å²) >= 11 is 0. The maximum atomic E-state index is 11.7. The summed E-state index contributed by atoms with van der Waals surface area (Å²) in [7, 11) is 0. The Bertz CT molecular complexity index is 427. The summed E-state index contributed by atoms with van der Waals surface area (Å²) in [6, 6.07) is 0. The van der Waals surface area contributed by atoms with Gasteiger partial charge in [0.25, 0.3) is 0 Å². The Kier molecular flexibility index (Phi) is 6.21. The van der Waals surface area contributed by atoms with E-state index in [0.717, 1.165) is 19.4 Å². The molecule has 2 N–H and O–H groups in total. The molecule has 0 aliphatic carbocycles. The van der Waals surface area contributed by atoms with Crippen LogP contribution in [0, 0.1) is 5.41 Å². The summed E-state index contributed by atoms with van der Waals surface area (Å²) in [5.74, 6) is -0.956. The van der Waals surface area contributed by atoms with Crippen LogP contribution in [0.1, 0.15) is 39.5 Å². The third-order valence-corrected chi connectivity index (χ3v) is 2.99. The highest BCUT2D eigenvalue weighted by atomic mass is 16.4.